The predicted molar refractivity (Wildman–Crippen MR) is 108 cm³/mol. The highest BCUT2D eigenvalue weighted by Gasteiger charge is 2.26. The topological polar surface area (TPSA) is 75.5 Å². The highest BCUT2D eigenvalue weighted by molar-refractivity contribution is 6.01. The Hall–Kier alpha value is -2.96. The van der Waals surface area contributed by atoms with Crippen LogP contribution < -0.4 is 0 Å². The van der Waals surface area contributed by atoms with Gasteiger partial charge < -0.3 is 9.80 Å². The summed E-state index contributed by atoms with van der Waals surface area (Å²) in [4.78, 5) is 41.4. The smallest absolute Gasteiger partial charge is 0.274 e. The van der Waals surface area contributed by atoms with E-state index >= 15 is 0 Å². The van der Waals surface area contributed by atoms with Gasteiger partial charge in [-0.15, -0.1) is 0 Å². The van der Waals surface area contributed by atoms with Gasteiger partial charge in [0.15, 0.2) is 11.5 Å². The van der Waals surface area contributed by atoms with Gasteiger partial charge in [-0.2, -0.15) is 5.10 Å². The monoisotopic (exact) mass is 394 g/mol. The zero-order chi connectivity index (χ0) is 20.5. The van der Waals surface area contributed by atoms with E-state index in [4.69, 9.17) is 0 Å². The zero-order valence-electron chi connectivity index (χ0n) is 17.0. The van der Waals surface area contributed by atoms with E-state index < -0.39 is 0 Å². The van der Waals surface area contributed by atoms with E-state index in [0.717, 1.165) is 36.1 Å². The summed E-state index contributed by atoms with van der Waals surface area (Å²) in [5.41, 5.74) is 3.74. The van der Waals surface area contributed by atoms with Crippen molar-refractivity contribution in [3.63, 3.8) is 0 Å². The number of rotatable bonds is 2. The Labute approximate surface area is 170 Å². The minimum Gasteiger partial charge on any atom is -0.337 e. The van der Waals surface area contributed by atoms with E-state index in [-0.39, 0.29) is 17.6 Å². The maximum absolute atomic E-state index is 13.0. The van der Waals surface area contributed by atoms with Crippen molar-refractivity contribution in [3.05, 3.63) is 52.3 Å². The molecule has 2 aromatic rings. The molecule has 0 saturated carbocycles. The largest absolute Gasteiger partial charge is 0.337 e. The van der Waals surface area contributed by atoms with E-state index in [1.54, 1.807) is 27.8 Å². The molecule has 0 unspecified atom stereocenters. The van der Waals surface area contributed by atoms with E-state index in [2.05, 4.69) is 5.10 Å². The van der Waals surface area contributed by atoms with Gasteiger partial charge in [-0.25, -0.2) is 0 Å². The molecule has 0 atom stereocenters. The van der Waals surface area contributed by atoms with Crippen LogP contribution >= 0.6 is 0 Å². The molecule has 1 aromatic heterocycles. The zero-order valence-corrected chi connectivity index (χ0v) is 17.0. The number of fused-ring (bicyclic) bond motifs is 1. The van der Waals surface area contributed by atoms with Crippen LogP contribution in [0.25, 0.3) is 0 Å². The summed E-state index contributed by atoms with van der Waals surface area (Å²) < 4.78 is 1.70. The number of aromatic nitrogens is 2. The third kappa shape index (κ3) is 3.81. The van der Waals surface area contributed by atoms with Gasteiger partial charge in [-0.1, -0.05) is 6.07 Å². The quantitative estimate of drug-likeness (QED) is 0.783. The van der Waals surface area contributed by atoms with Crippen molar-refractivity contribution < 1.29 is 14.4 Å². The third-order valence-corrected chi connectivity index (χ3v) is 5.91. The molecule has 2 heterocycles. The van der Waals surface area contributed by atoms with Crippen LogP contribution in [0.15, 0.2) is 24.3 Å². The lowest BCUT2D eigenvalue weighted by atomic mass is 9.89. The maximum Gasteiger partial charge on any atom is 0.274 e. The fraction of sp³-hybridized carbons (Fsp3) is 0.455. The lowest BCUT2D eigenvalue weighted by molar-refractivity contribution is 0.0715. The molecule has 1 aliphatic heterocycles. The Bertz CT molecular complexity index is 959. The number of carbonyl (C=O) groups is 3. The second-order valence-electron chi connectivity index (χ2n) is 7.88. The lowest BCUT2D eigenvalue weighted by Gasteiger charge is -2.23. The second-order valence-corrected chi connectivity index (χ2v) is 7.88. The first kappa shape index (κ1) is 19.4. The van der Waals surface area contributed by atoms with Crippen LogP contribution in [0, 0.1) is 6.92 Å². The minimum absolute atomic E-state index is 0.0335. The van der Waals surface area contributed by atoms with Crippen LogP contribution in [0.5, 0.6) is 0 Å². The first-order valence-corrected chi connectivity index (χ1v) is 10.2. The summed E-state index contributed by atoms with van der Waals surface area (Å²) >= 11 is 0. The Morgan fingerprint density at radius 3 is 2.34 bits per heavy atom. The molecule has 1 saturated heterocycles. The summed E-state index contributed by atoms with van der Waals surface area (Å²) in [5.74, 6) is 0.0445. The van der Waals surface area contributed by atoms with Crippen molar-refractivity contribution >= 4 is 17.6 Å². The summed E-state index contributed by atoms with van der Waals surface area (Å²) in [6.45, 7) is 4.12. The summed E-state index contributed by atoms with van der Waals surface area (Å²) in [6.07, 6.45) is 3.00. The van der Waals surface area contributed by atoms with Crippen LogP contribution in [-0.4, -0.2) is 63.4 Å². The molecule has 7 nitrogen and oxygen atoms in total. The van der Waals surface area contributed by atoms with E-state index in [9.17, 15) is 14.4 Å². The van der Waals surface area contributed by atoms with Gasteiger partial charge in [-0.3, -0.25) is 19.1 Å². The van der Waals surface area contributed by atoms with E-state index in [1.165, 1.54) is 0 Å². The Morgan fingerprint density at radius 1 is 0.931 bits per heavy atom. The van der Waals surface area contributed by atoms with Crippen LogP contribution in [-0.2, 0) is 13.5 Å². The van der Waals surface area contributed by atoms with Crippen molar-refractivity contribution in [2.45, 2.75) is 32.6 Å². The molecular formula is C22H26N4O3. The molecule has 0 N–H and O–H groups in total. The number of carbonyl (C=O) groups excluding carboxylic acids is 3. The standard InChI is InChI=1S/C22H26N4O3/c1-15-13-19(23-24(15)2)22(29)26-10-4-9-25(11-12-26)21(28)17-7-8-18-16(14-17)5-3-6-20(18)27/h7-8,13-14H,3-6,9-12H2,1-2H3. The molecule has 4 rings (SSSR count). The number of aryl methyl sites for hydroxylation is 3. The van der Waals surface area contributed by atoms with Crippen molar-refractivity contribution in [1.82, 2.24) is 19.6 Å². The molecule has 1 aliphatic carbocycles. The number of hydrogen-bond donors (Lipinski definition) is 0. The van der Waals surface area contributed by atoms with Crippen LogP contribution in [0.3, 0.4) is 0 Å². The molecule has 2 aliphatic rings. The fourth-order valence-electron chi connectivity index (χ4n) is 4.11. The van der Waals surface area contributed by atoms with Gasteiger partial charge in [-0.05, 0) is 49.9 Å². The summed E-state index contributed by atoms with van der Waals surface area (Å²) in [7, 11) is 1.82. The molecule has 1 aromatic carbocycles. The number of hydrogen-bond acceptors (Lipinski definition) is 4. The average Bonchev–Trinajstić information content (AvgIpc) is 2.92. The van der Waals surface area contributed by atoms with Gasteiger partial charge >= 0.3 is 0 Å². The van der Waals surface area contributed by atoms with Gasteiger partial charge in [0.2, 0.25) is 0 Å². The van der Waals surface area contributed by atoms with Crippen molar-refractivity contribution in [2.24, 2.45) is 7.05 Å². The van der Waals surface area contributed by atoms with Gasteiger partial charge in [0.25, 0.3) is 11.8 Å². The number of ketones is 1. The predicted octanol–water partition coefficient (Wildman–Crippen LogP) is 2.24. The SMILES string of the molecule is Cc1cc(C(=O)N2CCCN(C(=O)c3ccc4c(c3)CCCC4=O)CC2)nn1C. The Morgan fingerprint density at radius 2 is 1.66 bits per heavy atom. The maximum atomic E-state index is 13.0. The molecular weight excluding hydrogens is 368 g/mol. The number of benzene rings is 1. The molecule has 29 heavy (non-hydrogen) atoms. The number of Topliss-reactive ketones (excluding diaryl/α,β-unsaturated/α-hetero) is 1. The molecule has 2 amide bonds. The number of amides is 2. The Balaban J connectivity index is 1.45. The Kier molecular flexibility index (Phi) is 5.22. The van der Waals surface area contributed by atoms with Crippen LogP contribution in [0.4, 0.5) is 0 Å². The average molecular weight is 394 g/mol. The molecule has 7 heteroatoms. The van der Waals surface area contributed by atoms with E-state index in [0.29, 0.717) is 43.9 Å². The highest BCUT2D eigenvalue weighted by atomic mass is 16.2. The third-order valence-electron chi connectivity index (χ3n) is 5.91. The summed E-state index contributed by atoms with van der Waals surface area (Å²) in [5, 5.41) is 4.28. The van der Waals surface area contributed by atoms with Crippen LogP contribution in [0.2, 0.25) is 0 Å². The number of nitrogens with zero attached hydrogens (tertiary/aromatic N) is 4. The van der Waals surface area contributed by atoms with Crippen LogP contribution in [0.1, 0.15) is 61.7 Å². The van der Waals surface area contributed by atoms with Crippen molar-refractivity contribution in [2.75, 3.05) is 26.2 Å². The van der Waals surface area contributed by atoms with Crippen molar-refractivity contribution in [1.29, 1.82) is 0 Å². The summed E-state index contributed by atoms with van der Waals surface area (Å²) in [6, 6.07) is 7.22. The van der Waals surface area contributed by atoms with E-state index in [1.807, 2.05) is 24.9 Å². The molecule has 1 fully saturated rings. The second kappa shape index (κ2) is 7.81. The molecule has 0 bridgehead atoms. The minimum atomic E-state index is -0.0877. The normalized spacial score (nSPS) is 17.1. The first-order valence-electron chi connectivity index (χ1n) is 10.2. The fourth-order valence-corrected chi connectivity index (χ4v) is 4.11. The van der Waals surface area contributed by atoms with Gasteiger partial charge in [0, 0.05) is 56.5 Å². The molecule has 0 spiro atoms. The van der Waals surface area contributed by atoms with Gasteiger partial charge in [0.1, 0.15) is 0 Å². The van der Waals surface area contributed by atoms with Crippen molar-refractivity contribution in [3.8, 4) is 0 Å². The first-order chi connectivity index (χ1) is 13.9. The molecule has 152 valence electrons. The highest BCUT2D eigenvalue weighted by Crippen LogP contribution is 2.23. The molecule has 0 radical (unpaired) electrons. The van der Waals surface area contributed by atoms with Gasteiger partial charge in [0.05, 0.1) is 0 Å². The lowest BCUT2D eigenvalue weighted by Crippen LogP contribution is -2.37.